The zero-order chi connectivity index (χ0) is 14.5. The summed E-state index contributed by atoms with van der Waals surface area (Å²) in [7, 11) is 0. The van der Waals surface area contributed by atoms with Crippen LogP contribution in [0.2, 0.25) is 0 Å². The van der Waals surface area contributed by atoms with Crippen molar-refractivity contribution in [2.45, 2.75) is 46.1 Å². The Morgan fingerprint density at radius 3 is 2.85 bits per heavy atom. The van der Waals surface area contributed by atoms with E-state index in [2.05, 4.69) is 20.5 Å². The van der Waals surface area contributed by atoms with Gasteiger partial charge in [0.2, 0.25) is 5.82 Å². The van der Waals surface area contributed by atoms with Gasteiger partial charge in [0.25, 0.3) is 5.91 Å². The Balaban J connectivity index is 2.04. The first-order valence-corrected chi connectivity index (χ1v) is 7.54. The lowest BCUT2D eigenvalue weighted by Crippen LogP contribution is -2.44. The minimum Gasteiger partial charge on any atom is -0.333 e. The average Bonchev–Trinajstić information content (AvgIpc) is 2.94. The molecular weight excluding hydrogens is 254 g/mol. The monoisotopic (exact) mass is 279 g/mol. The Morgan fingerprint density at radius 1 is 1.50 bits per heavy atom. The van der Waals surface area contributed by atoms with Gasteiger partial charge in [-0.15, -0.1) is 5.10 Å². The zero-order valence-corrected chi connectivity index (χ0v) is 12.6. The summed E-state index contributed by atoms with van der Waals surface area (Å²) >= 11 is 0. The Kier molecular flexibility index (Phi) is 5.11. The number of nitrogens with zero attached hydrogens (tertiary/aromatic N) is 3. The van der Waals surface area contributed by atoms with Gasteiger partial charge in [-0.3, -0.25) is 9.89 Å². The van der Waals surface area contributed by atoms with E-state index in [1.165, 1.54) is 12.8 Å². The van der Waals surface area contributed by atoms with Gasteiger partial charge in [-0.25, -0.2) is 4.98 Å². The van der Waals surface area contributed by atoms with Crippen molar-refractivity contribution in [3.63, 3.8) is 0 Å². The highest BCUT2D eigenvalue weighted by Gasteiger charge is 2.26. The van der Waals surface area contributed by atoms with Crippen molar-refractivity contribution < 1.29 is 4.79 Å². The molecule has 2 heterocycles. The molecule has 0 spiro atoms. The third-order valence-electron chi connectivity index (χ3n) is 3.80. The van der Waals surface area contributed by atoms with Gasteiger partial charge < -0.3 is 10.2 Å². The van der Waals surface area contributed by atoms with E-state index in [4.69, 9.17) is 0 Å². The first-order valence-electron chi connectivity index (χ1n) is 7.54. The maximum Gasteiger partial charge on any atom is 0.293 e. The molecule has 0 aliphatic carbocycles. The predicted molar refractivity (Wildman–Crippen MR) is 77.5 cm³/mol. The van der Waals surface area contributed by atoms with Crippen LogP contribution in [0.25, 0.3) is 0 Å². The highest BCUT2D eigenvalue weighted by Crippen LogP contribution is 2.15. The van der Waals surface area contributed by atoms with E-state index in [1.807, 2.05) is 25.7 Å². The van der Waals surface area contributed by atoms with Crippen molar-refractivity contribution in [1.29, 1.82) is 0 Å². The highest BCUT2D eigenvalue weighted by molar-refractivity contribution is 5.90. The van der Waals surface area contributed by atoms with Crippen LogP contribution in [0.4, 0.5) is 0 Å². The minimum absolute atomic E-state index is 0.0680. The molecule has 1 aromatic heterocycles. The smallest absolute Gasteiger partial charge is 0.293 e. The van der Waals surface area contributed by atoms with Crippen molar-refractivity contribution in [1.82, 2.24) is 25.4 Å². The summed E-state index contributed by atoms with van der Waals surface area (Å²) in [6.45, 7) is 8.93. The van der Waals surface area contributed by atoms with Gasteiger partial charge >= 0.3 is 0 Å². The van der Waals surface area contributed by atoms with Crippen LogP contribution in [-0.4, -0.2) is 51.7 Å². The lowest BCUT2D eigenvalue weighted by molar-refractivity contribution is 0.0648. The molecule has 1 aliphatic rings. The fourth-order valence-corrected chi connectivity index (χ4v) is 2.56. The summed E-state index contributed by atoms with van der Waals surface area (Å²) in [6, 6.07) is 0.160. The predicted octanol–water partition coefficient (Wildman–Crippen LogP) is 1.22. The molecule has 1 atom stereocenters. The van der Waals surface area contributed by atoms with E-state index in [1.54, 1.807) is 0 Å². The molecule has 0 radical (unpaired) electrons. The first kappa shape index (κ1) is 15.0. The fourth-order valence-electron chi connectivity index (χ4n) is 2.56. The van der Waals surface area contributed by atoms with E-state index < -0.39 is 0 Å². The lowest BCUT2D eigenvalue weighted by Gasteiger charge is -2.32. The Morgan fingerprint density at radius 2 is 2.30 bits per heavy atom. The summed E-state index contributed by atoms with van der Waals surface area (Å²) in [5.74, 6) is 1.51. The van der Waals surface area contributed by atoms with Gasteiger partial charge in [0.15, 0.2) is 0 Å². The number of carbonyl (C=O) groups excluding carboxylic acids is 1. The molecule has 20 heavy (non-hydrogen) atoms. The quantitative estimate of drug-likeness (QED) is 0.850. The number of aromatic amines is 1. The van der Waals surface area contributed by atoms with Gasteiger partial charge in [0.1, 0.15) is 5.82 Å². The lowest BCUT2D eigenvalue weighted by atomic mass is 9.98. The number of rotatable bonds is 5. The van der Waals surface area contributed by atoms with Gasteiger partial charge in [0.05, 0.1) is 0 Å². The number of hydrogen-bond acceptors (Lipinski definition) is 4. The molecule has 1 amide bonds. The second-order valence-electron chi connectivity index (χ2n) is 5.72. The van der Waals surface area contributed by atoms with Crippen LogP contribution in [0, 0.1) is 5.92 Å². The second kappa shape index (κ2) is 6.83. The number of H-pyrrole nitrogens is 1. The summed E-state index contributed by atoms with van der Waals surface area (Å²) in [4.78, 5) is 18.7. The average molecular weight is 279 g/mol. The van der Waals surface area contributed by atoms with Crippen LogP contribution in [0.5, 0.6) is 0 Å². The van der Waals surface area contributed by atoms with Gasteiger partial charge in [0, 0.05) is 19.0 Å². The molecule has 6 nitrogen and oxygen atoms in total. The van der Waals surface area contributed by atoms with Crippen molar-refractivity contribution in [3.05, 3.63) is 11.6 Å². The largest absolute Gasteiger partial charge is 0.333 e. The Hall–Kier alpha value is -1.43. The maximum atomic E-state index is 12.5. The molecule has 1 unspecified atom stereocenters. The second-order valence-corrected chi connectivity index (χ2v) is 5.72. The molecule has 1 saturated heterocycles. The number of aryl methyl sites for hydroxylation is 1. The van der Waals surface area contributed by atoms with E-state index in [9.17, 15) is 4.79 Å². The molecule has 2 N–H and O–H groups in total. The third-order valence-corrected chi connectivity index (χ3v) is 3.80. The SMILES string of the molecule is CCc1nc(C(=O)N(CC2CCCNC2)C(C)C)n[nH]1. The van der Waals surface area contributed by atoms with E-state index in [0.717, 1.165) is 31.9 Å². The van der Waals surface area contributed by atoms with Gasteiger partial charge in [-0.1, -0.05) is 6.92 Å². The molecule has 0 aromatic carbocycles. The zero-order valence-electron chi connectivity index (χ0n) is 12.6. The van der Waals surface area contributed by atoms with Crippen LogP contribution in [-0.2, 0) is 6.42 Å². The van der Waals surface area contributed by atoms with Crippen LogP contribution in [0.15, 0.2) is 0 Å². The molecule has 1 aromatic rings. The molecule has 1 fully saturated rings. The van der Waals surface area contributed by atoms with Crippen molar-refractivity contribution >= 4 is 5.91 Å². The van der Waals surface area contributed by atoms with Crippen molar-refractivity contribution in [2.24, 2.45) is 5.92 Å². The molecular formula is C14H25N5O. The molecule has 1 aliphatic heterocycles. The fraction of sp³-hybridized carbons (Fsp3) is 0.786. The number of aromatic nitrogens is 3. The Bertz CT molecular complexity index is 437. The first-order chi connectivity index (χ1) is 9.61. The summed E-state index contributed by atoms with van der Waals surface area (Å²) in [6.07, 6.45) is 3.12. The summed E-state index contributed by atoms with van der Waals surface area (Å²) in [5, 5.41) is 10.2. The maximum absolute atomic E-state index is 12.5. The minimum atomic E-state index is -0.0680. The van der Waals surface area contributed by atoms with Crippen molar-refractivity contribution in [2.75, 3.05) is 19.6 Å². The highest BCUT2D eigenvalue weighted by atomic mass is 16.2. The van der Waals surface area contributed by atoms with Crippen LogP contribution >= 0.6 is 0 Å². The number of hydrogen-bond donors (Lipinski definition) is 2. The number of carbonyl (C=O) groups is 1. The van der Waals surface area contributed by atoms with Crippen molar-refractivity contribution in [3.8, 4) is 0 Å². The van der Waals surface area contributed by atoms with Gasteiger partial charge in [-0.05, 0) is 45.7 Å². The molecule has 112 valence electrons. The molecule has 2 rings (SSSR count). The summed E-state index contributed by atoms with van der Waals surface area (Å²) in [5.41, 5.74) is 0. The topological polar surface area (TPSA) is 73.9 Å². The number of amides is 1. The van der Waals surface area contributed by atoms with Crippen LogP contribution in [0.1, 0.15) is 50.1 Å². The summed E-state index contributed by atoms with van der Waals surface area (Å²) < 4.78 is 0. The molecule has 6 heteroatoms. The van der Waals surface area contributed by atoms with Crippen LogP contribution < -0.4 is 5.32 Å². The van der Waals surface area contributed by atoms with Gasteiger partial charge in [-0.2, -0.15) is 0 Å². The number of nitrogens with one attached hydrogen (secondary N) is 2. The third kappa shape index (κ3) is 3.56. The number of piperidine rings is 1. The normalized spacial score (nSPS) is 19.3. The Labute approximate surface area is 120 Å². The van der Waals surface area contributed by atoms with E-state index in [0.29, 0.717) is 11.7 Å². The van der Waals surface area contributed by atoms with Crippen LogP contribution in [0.3, 0.4) is 0 Å². The molecule has 0 bridgehead atoms. The molecule has 0 saturated carbocycles. The standard InChI is InChI=1S/C14H25N5O/c1-4-12-16-13(18-17-12)14(20)19(10(2)3)9-11-6-5-7-15-8-11/h10-11,15H,4-9H2,1-3H3,(H,16,17,18). The van der Waals surface area contributed by atoms with E-state index >= 15 is 0 Å². The van der Waals surface area contributed by atoms with E-state index in [-0.39, 0.29) is 11.9 Å².